The molecule has 15 heteroatoms. The SMILES string of the molecule is CC(C)(CC(=O)NCCOCCC(=O)ON1C(=O)CC(S(=O)(=O)O)C1=O)SSc1ccccn1. The van der Waals surface area contributed by atoms with Crippen LogP contribution in [0.1, 0.15) is 33.1 Å². The summed E-state index contributed by atoms with van der Waals surface area (Å²) in [5, 5.41) is 1.62. The summed E-state index contributed by atoms with van der Waals surface area (Å²) in [7, 11) is -1.76. The fraction of sp³-hybridized carbons (Fsp3) is 0.526. The van der Waals surface area contributed by atoms with E-state index in [1.54, 1.807) is 6.20 Å². The Morgan fingerprint density at radius 3 is 2.65 bits per heavy atom. The summed E-state index contributed by atoms with van der Waals surface area (Å²) >= 11 is 0. The fourth-order valence-corrected chi connectivity index (χ4v) is 5.46. The van der Waals surface area contributed by atoms with Crippen LogP contribution in [0, 0.1) is 0 Å². The van der Waals surface area contributed by atoms with Crippen LogP contribution in [0.2, 0.25) is 0 Å². The summed E-state index contributed by atoms with van der Waals surface area (Å²) < 4.78 is 36.0. The lowest BCUT2D eigenvalue weighted by molar-refractivity contribution is -0.198. The van der Waals surface area contributed by atoms with Gasteiger partial charge in [-0.05, 0) is 36.8 Å². The molecule has 1 atom stereocenters. The Labute approximate surface area is 204 Å². The van der Waals surface area contributed by atoms with Gasteiger partial charge in [0.05, 0.1) is 26.1 Å². The van der Waals surface area contributed by atoms with Gasteiger partial charge in [-0.25, -0.2) is 9.78 Å². The van der Waals surface area contributed by atoms with Crippen LogP contribution in [-0.2, 0) is 38.9 Å². The molecule has 2 rings (SSSR count). The van der Waals surface area contributed by atoms with Gasteiger partial charge in [-0.2, -0.15) is 8.42 Å². The molecule has 1 fully saturated rings. The average molecular weight is 536 g/mol. The Morgan fingerprint density at radius 2 is 2.03 bits per heavy atom. The number of hydrogen-bond acceptors (Lipinski definition) is 11. The first-order chi connectivity index (χ1) is 15.9. The Hall–Kier alpha value is -2.20. The van der Waals surface area contributed by atoms with Crippen LogP contribution >= 0.6 is 21.6 Å². The highest BCUT2D eigenvalue weighted by molar-refractivity contribution is 8.77. The summed E-state index contributed by atoms with van der Waals surface area (Å²) in [6, 6.07) is 5.60. The second-order valence-corrected chi connectivity index (χ2v) is 12.1. The summed E-state index contributed by atoms with van der Waals surface area (Å²) in [4.78, 5) is 56.2. The molecular weight excluding hydrogens is 510 g/mol. The van der Waals surface area contributed by atoms with Crippen molar-refractivity contribution in [2.45, 2.75) is 48.1 Å². The molecule has 1 saturated heterocycles. The monoisotopic (exact) mass is 535 g/mol. The number of hydrogen-bond donors (Lipinski definition) is 2. The van der Waals surface area contributed by atoms with Gasteiger partial charge in [0.25, 0.3) is 21.9 Å². The van der Waals surface area contributed by atoms with Crippen molar-refractivity contribution in [3.8, 4) is 0 Å². The van der Waals surface area contributed by atoms with Gasteiger partial charge >= 0.3 is 5.97 Å². The predicted octanol–water partition coefficient (Wildman–Crippen LogP) is 0.987. The van der Waals surface area contributed by atoms with Gasteiger partial charge in [0.2, 0.25) is 5.91 Å². The minimum absolute atomic E-state index is 0.0346. The smallest absolute Gasteiger partial charge is 0.335 e. The molecule has 0 aromatic carbocycles. The maximum Gasteiger partial charge on any atom is 0.335 e. The minimum Gasteiger partial charge on any atom is -0.379 e. The van der Waals surface area contributed by atoms with Crippen molar-refractivity contribution in [1.29, 1.82) is 0 Å². The van der Waals surface area contributed by atoms with Gasteiger partial charge in [0.1, 0.15) is 5.03 Å². The maximum atomic E-state index is 12.2. The van der Waals surface area contributed by atoms with E-state index in [-0.39, 0.29) is 48.3 Å². The van der Waals surface area contributed by atoms with Crippen molar-refractivity contribution < 1.29 is 41.7 Å². The number of pyridine rings is 1. The van der Waals surface area contributed by atoms with Crippen LogP contribution < -0.4 is 5.32 Å². The zero-order valence-electron chi connectivity index (χ0n) is 18.5. The standard InChI is InChI=1S/C19H25N3O9S3/c1-19(2,33-32-15-5-3-4-7-21-15)12-14(23)20-8-10-30-9-6-17(25)31-22-16(24)11-13(18(22)26)34(27,28)29/h3-5,7,13H,6,8-12H2,1-2H3,(H,20,23)(H,27,28,29). The van der Waals surface area contributed by atoms with Gasteiger partial charge in [-0.1, -0.05) is 16.9 Å². The van der Waals surface area contributed by atoms with Crippen molar-refractivity contribution in [1.82, 2.24) is 15.4 Å². The molecule has 0 radical (unpaired) electrons. The van der Waals surface area contributed by atoms with Crippen molar-refractivity contribution in [2.75, 3.05) is 19.8 Å². The van der Waals surface area contributed by atoms with Crippen molar-refractivity contribution in [2.24, 2.45) is 0 Å². The van der Waals surface area contributed by atoms with Crippen LogP contribution in [0.15, 0.2) is 29.4 Å². The van der Waals surface area contributed by atoms with E-state index in [4.69, 9.17) is 9.29 Å². The molecule has 1 aliphatic heterocycles. The molecule has 2 N–H and O–H groups in total. The average Bonchev–Trinajstić information content (AvgIpc) is 3.04. The molecule has 0 saturated carbocycles. The molecule has 0 bridgehead atoms. The molecule has 1 aromatic rings. The summed E-state index contributed by atoms with van der Waals surface area (Å²) in [5.74, 6) is -3.54. The zero-order chi connectivity index (χ0) is 25.4. The summed E-state index contributed by atoms with van der Waals surface area (Å²) in [5.41, 5.74) is 0. The highest BCUT2D eigenvalue weighted by Gasteiger charge is 2.48. The molecule has 0 spiro atoms. The van der Waals surface area contributed by atoms with Crippen LogP contribution in [-0.4, -0.2) is 76.5 Å². The van der Waals surface area contributed by atoms with Crippen LogP contribution in [0.25, 0.3) is 0 Å². The predicted molar refractivity (Wildman–Crippen MR) is 123 cm³/mol. The molecule has 1 unspecified atom stereocenters. The zero-order valence-corrected chi connectivity index (χ0v) is 20.9. The molecule has 1 aromatic heterocycles. The van der Waals surface area contributed by atoms with E-state index in [0.717, 1.165) is 5.03 Å². The van der Waals surface area contributed by atoms with Crippen LogP contribution in [0.5, 0.6) is 0 Å². The summed E-state index contributed by atoms with van der Waals surface area (Å²) in [6.07, 6.45) is 0.841. The lowest BCUT2D eigenvalue weighted by Gasteiger charge is -2.22. The number of nitrogens with one attached hydrogen (secondary N) is 1. The third kappa shape index (κ3) is 9.21. The van der Waals surface area contributed by atoms with E-state index in [9.17, 15) is 27.6 Å². The van der Waals surface area contributed by atoms with Gasteiger partial charge in [0.15, 0.2) is 5.25 Å². The summed E-state index contributed by atoms with van der Waals surface area (Å²) in [6.45, 7) is 4.10. The fourth-order valence-electron chi connectivity index (χ4n) is 2.61. The van der Waals surface area contributed by atoms with Crippen molar-refractivity contribution >= 4 is 55.4 Å². The molecule has 12 nitrogen and oxygen atoms in total. The van der Waals surface area contributed by atoms with Crippen LogP contribution in [0.3, 0.4) is 0 Å². The normalized spacial score (nSPS) is 16.6. The number of nitrogens with zero attached hydrogens (tertiary/aromatic N) is 2. The number of hydroxylamine groups is 2. The third-order valence-corrected chi connectivity index (χ3v) is 8.50. The van der Waals surface area contributed by atoms with E-state index in [1.165, 1.54) is 21.6 Å². The largest absolute Gasteiger partial charge is 0.379 e. The molecule has 3 amide bonds. The third-order valence-electron chi connectivity index (χ3n) is 4.21. The van der Waals surface area contributed by atoms with E-state index in [0.29, 0.717) is 0 Å². The maximum absolute atomic E-state index is 12.2. The lowest BCUT2D eigenvalue weighted by Crippen LogP contribution is -2.37. The van der Waals surface area contributed by atoms with Gasteiger partial charge in [0, 0.05) is 23.9 Å². The number of carbonyl (C=O) groups excluding carboxylic acids is 4. The topological polar surface area (TPSA) is 169 Å². The minimum atomic E-state index is -4.78. The number of rotatable bonds is 13. The first kappa shape index (κ1) is 28.0. The van der Waals surface area contributed by atoms with Crippen LogP contribution in [0.4, 0.5) is 0 Å². The molecular formula is C19H25N3O9S3. The van der Waals surface area contributed by atoms with Gasteiger partial charge in [-0.3, -0.25) is 18.9 Å². The molecule has 188 valence electrons. The highest BCUT2D eigenvalue weighted by atomic mass is 33.1. The molecule has 0 aliphatic carbocycles. The second kappa shape index (κ2) is 12.5. The van der Waals surface area contributed by atoms with E-state index < -0.39 is 39.6 Å². The first-order valence-corrected chi connectivity index (χ1v) is 13.7. The number of carbonyl (C=O) groups is 4. The van der Waals surface area contributed by atoms with Crippen molar-refractivity contribution in [3.05, 3.63) is 24.4 Å². The van der Waals surface area contributed by atoms with E-state index in [1.807, 2.05) is 32.0 Å². The molecule has 2 heterocycles. The van der Waals surface area contributed by atoms with E-state index >= 15 is 0 Å². The number of aromatic nitrogens is 1. The number of imide groups is 1. The Bertz CT molecular complexity index is 1000. The van der Waals surface area contributed by atoms with E-state index in [2.05, 4.69) is 15.1 Å². The Kier molecular flexibility index (Phi) is 10.3. The lowest BCUT2D eigenvalue weighted by atomic mass is 10.1. The number of amides is 3. The first-order valence-electron chi connectivity index (χ1n) is 10.0. The van der Waals surface area contributed by atoms with Gasteiger partial charge in [-0.15, -0.1) is 5.06 Å². The second-order valence-electron chi connectivity index (χ2n) is 7.68. The van der Waals surface area contributed by atoms with Gasteiger partial charge < -0.3 is 14.9 Å². The molecule has 1 aliphatic rings. The Balaban J connectivity index is 1.59. The quantitative estimate of drug-likeness (QED) is 0.159. The Morgan fingerprint density at radius 1 is 1.29 bits per heavy atom. The van der Waals surface area contributed by atoms with Crippen molar-refractivity contribution in [3.63, 3.8) is 0 Å². The number of ether oxygens (including phenoxy) is 1. The molecule has 34 heavy (non-hydrogen) atoms. The highest BCUT2D eigenvalue weighted by Crippen LogP contribution is 2.41.